The number of nitrogens with one attached hydrogen (secondary N) is 4. The standard InChI is InChI=1S/C17H25FN4O2/c1-10(16(24-2)11-3-5-12(18)6-4-11)20-17(23)15-13-9-19-8-7-14(13)21-22-15/h3-6,10,13-16,19,21-22H,7-9H2,1-2H3,(H,20,23). The lowest BCUT2D eigenvalue weighted by molar-refractivity contribution is -0.125. The Kier molecular flexibility index (Phi) is 5.45. The molecule has 2 aliphatic rings. The van der Waals surface area contributed by atoms with Gasteiger partial charge in [-0.2, -0.15) is 0 Å². The maximum Gasteiger partial charge on any atom is 0.239 e. The number of hydrogen-bond donors (Lipinski definition) is 4. The molecule has 2 fully saturated rings. The molecule has 7 heteroatoms. The van der Waals surface area contributed by atoms with Gasteiger partial charge in [0.15, 0.2) is 0 Å². The van der Waals surface area contributed by atoms with E-state index in [1.807, 2.05) is 6.92 Å². The Bertz CT molecular complexity index is 568. The van der Waals surface area contributed by atoms with Crippen molar-refractivity contribution in [1.29, 1.82) is 0 Å². The van der Waals surface area contributed by atoms with Gasteiger partial charge in [-0.1, -0.05) is 12.1 Å². The van der Waals surface area contributed by atoms with Gasteiger partial charge >= 0.3 is 0 Å². The van der Waals surface area contributed by atoms with Gasteiger partial charge in [-0.05, 0) is 37.6 Å². The van der Waals surface area contributed by atoms with E-state index in [0.29, 0.717) is 6.04 Å². The van der Waals surface area contributed by atoms with Crippen LogP contribution in [0.4, 0.5) is 4.39 Å². The highest BCUT2D eigenvalue weighted by molar-refractivity contribution is 5.83. The fourth-order valence-electron chi connectivity index (χ4n) is 3.65. The predicted molar refractivity (Wildman–Crippen MR) is 88.6 cm³/mol. The van der Waals surface area contributed by atoms with E-state index in [1.165, 1.54) is 12.1 Å². The zero-order valence-electron chi connectivity index (χ0n) is 14.0. The van der Waals surface area contributed by atoms with Crippen LogP contribution < -0.4 is 21.5 Å². The molecule has 132 valence electrons. The first-order valence-electron chi connectivity index (χ1n) is 8.40. The van der Waals surface area contributed by atoms with Gasteiger partial charge in [-0.25, -0.2) is 9.82 Å². The lowest BCUT2D eigenvalue weighted by Gasteiger charge is -2.29. The number of hydrazine groups is 1. The van der Waals surface area contributed by atoms with E-state index < -0.39 is 0 Å². The van der Waals surface area contributed by atoms with Crippen LogP contribution in [0.2, 0.25) is 0 Å². The Balaban J connectivity index is 1.63. The zero-order chi connectivity index (χ0) is 17.1. The van der Waals surface area contributed by atoms with E-state index in [4.69, 9.17) is 4.74 Å². The number of carbonyl (C=O) groups excluding carboxylic acids is 1. The number of benzene rings is 1. The molecule has 1 aromatic rings. The van der Waals surface area contributed by atoms with Crippen LogP contribution in [0, 0.1) is 11.7 Å². The van der Waals surface area contributed by atoms with Crippen LogP contribution in [0.15, 0.2) is 24.3 Å². The number of piperidine rings is 1. The fraction of sp³-hybridized carbons (Fsp3) is 0.588. The minimum absolute atomic E-state index is 0.0460. The normalized spacial score (nSPS) is 28.9. The number of halogens is 1. The van der Waals surface area contributed by atoms with Crippen molar-refractivity contribution in [3.05, 3.63) is 35.6 Å². The molecule has 6 nitrogen and oxygen atoms in total. The summed E-state index contributed by atoms with van der Waals surface area (Å²) in [6.45, 7) is 3.69. The van der Waals surface area contributed by atoms with E-state index in [9.17, 15) is 9.18 Å². The van der Waals surface area contributed by atoms with E-state index in [2.05, 4.69) is 21.5 Å². The smallest absolute Gasteiger partial charge is 0.239 e. The number of methoxy groups -OCH3 is 1. The van der Waals surface area contributed by atoms with Crippen LogP contribution in [0.3, 0.4) is 0 Å². The summed E-state index contributed by atoms with van der Waals surface area (Å²) in [5, 5.41) is 6.37. The molecule has 2 heterocycles. The lowest BCUT2D eigenvalue weighted by Crippen LogP contribution is -2.52. The summed E-state index contributed by atoms with van der Waals surface area (Å²) < 4.78 is 18.6. The van der Waals surface area contributed by atoms with Gasteiger partial charge in [0.25, 0.3) is 0 Å². The van der Waals surface area contributed by atoms with Crippen molar-refractivity contribution in [3.8, 4) is 0 Å². The van der Waals surface area contributed by atoms with Crippen molar-refractivity contribution in [2.24, 2.45) is 5.92 Å². The van der Waals surface area contributed by atoms with Gasteiger partial charge in [0.2, 0.25) is 5.91 Å². The van der Waals surface area contributed by atoms with Gasteiger partial charge in [-0.15, -0.1) is 0 Å². The van der Waals surface area contributed by atoms with Crippen LogP contribution in [0.25, 0.3) is 0 Å². The second kappa shape index (κ2) is 7.57. The van der Waals surface area contributed by atoms with Crippen LogP contribution >= 0.6 is 0 Å². The highest BCUT2D eigenvalue weighted by Crippen LogP contribution is 2.23. The first-order chi connectivity index (χ1) is 11.6. The van der Waals surface area contributed by atoms with Crippen molar-refractivity contribution < 1.29 is 13.9 Å². The first-order valence-corrected chi connectivity index (χ1v) is 8.40. The largest absolute Gasteiger partial charge is 0.375 e. The SMILES string of the molecule is COC(c1ccc(F)cc1)C(C)NC(=O)C1NNC2CCNCC21. The van der Waals surface area contributed by atoms with Crippen molar-refractivity contribution >= 4 is 5.91 Å². The Labute approximate surface area is 141 Å². The number of hydrogen-bond acceptors (Lipinski definition) is 5. The Morgan fingerprint density at radius 3 is 2.79 bits per heavy atom. The highest BCUT2D eigenvalue weighted by Gasteiger charge is 2.41. The minimum Gasteiger partial charge on any atom is -0.375 e. The number of rotatable bonds is 5. The molecule has 1 amide bonds. The van der Waals surface area contributed by atoms with E-state index in [-0.39, 0.29) is 35.8 Å². The average molecular weight is 336 g/mol. The summed E-state index contributed by atoms with van der Waals surface area (Å²) in [5.41, 5.74) is 7.17. The minimum atomic E-state index is -0.329. The fourth-order valence-corrected chi connectivity index (χ4v) is 3.65. The van der Waals surface area contributed by atoms with Gasteiger partial charge in [-0.3, -0.25) is 10.2 Å². The van der Waals surface area contributed by atoms with Crippen molar-refractivity contribution in [1.82, 2.24) is 21.5 Å². The molecule has 3 rings (SSSR count). The molecule has 0 aromatic heterocycles. The molecule has 5 unspecified atom stereocenters. The predicted octanol–water partition coefficient (Wildman–Crippen LogP) is 0.472. The molecule has 2 saturated heterocycles. The third-order valence-electron chi connectivity index (χ3n) is 4.94. The Hall–Kier alpha value is -1.54. The quantitative estimate of drug-likeness (QED) is 0.629. The van der Waals surface area contributed by atoms with Gasteiger partial charge in [0.1, 0.15) is 18.0 Å². The lowest BCUT2D eigenvalue weighted by atomic mass is 9.89. The molecule has 5 atom stereocenters. The van der Waals surface area contributed by atoms with E-state index in [0.717, 1.165) is 25.1 Å². The van der Waals surface area contributed by atoms with Crippen molar-refractivity contribution in [2.45, 2.75) is 37.6 Å². The molecule has 2 aliphatic heterocycles. The zero-order valence-corrected chi connectivity index (χ0v) is 14.0. The summed E-state index contributed by atoms with van der Waals surface area (Å²) in [7, 11) is 1.59. The topological polar surface area (TPSA) is 74.4 Å². The summed E-state index contributed by atoms with van der Waals surface area (Å²) in [6, 6.07) is 5.99. The molecule has 0 saturated carbocycles. The van der Waals surface area contributed by atoms with E-state index >= 15 is 0 Å². The molecule has 4 N–H and O–H groups in total. The highest BCUT2D eigenvalue weighted by atomic mass is 19.1. The summed E-state index contributed by atoms with van der Waals surface area (Å²) in [5.74, 6) is -0.101. The monoisotopic (exact) mass is 336 g/mol. The van der Waals surface area contributed by atoms with Crippen LogP contribution in [-0.4, -0.2) is 44.2 Å². The maximum absolute atomic E-state index is 13.1. The molecule has 0 aliphatic carbocycles. The number of carbonyl (C=O) groups is 1. The summed E-state index contributed by atoms with van der Waals surface area (Å²) in [4.78, 5) is 12.7. The van der Waals surface area contributed by atoms with Crippen LogP contribution in [-0.2, 0) is 9.53 Å². The number of ether oxygens (including phenoxy) is 1. The molecule has 1 aromatic carbocycles. The molecular formula is C17H25FN4O2. The van der Waals surface area contributed by atoms with Crippen molar-refractivity contribution in [3.63, 3.8) is 0 Å². The summed E-state index contributed by atoms with van der Waals surface area (Å²) >= 11 is 0. The van der Waals surface area contributed by atoms with E-state index in [1.54, 1.807) is 19.2 Å². The third kappa shape index (κ3) is 3.59. The second-order valence-electron chi connectivity index (χ2n) is 6.53. The molecule has 24 heavy (non-hydrogen) atoms. The third-order valence-corrected chi connectivity index (χ3v) is 4.94. The van der Waals surface area contributed by atoms with Gasteiger partial charge in [0.05, 0.1) is 6.04 Å². The second-order valence-corrected chi connectivity index (χ2v) is 6.53. The van der Waals surface area contributed by atoms with Crippen molar-refractivity contribution in [2.75, 3.05) is 20.2 Å². The maximum atomic E-state index is 13.1. The molecular weight excluding hydrogens is 311 g/mol. The Morgan fingerprint density at radius 1 is 1.33 bits per heavy atom. The molecule has 0 radical (unpaired) electrons. The summed E-state index contributed by atoms with van der Waals surface area (Å²) in [6.07, 6.45) is 0.678. The number of amides is 1. The Morgan fingerprint density at radius 2 is 2.08 bits per heavy atom. The van der Waals surface area contributed by atoms with Gasteiger partial charge in [0, 0.05) is 25.6 Å². The van der Waals surface area contributed by atoms with Crippen LogP contribution in [0.1, 0.15) is 25.0 Å². The average Bonchev–Trinajstić information content (AvgIpc) is 3.01. The number of fused-ring (bicyclic) bond motifs is 1. The van der Waals surface area contributed by atoms with Crippen LogP contribution in [0.5, 0.6) is 0 Å². The first kappa shape index (κ1) is 17.3. The molecule has 0 spiro atoms. The van der Waals surface area contributed by atoms with Gasteiger partial charge < -0.3 is 15.4 Å². The molecule has 0 bridgehead atoms.